The van der Waals surface area contributed by atoms with Gasteiger partial charge in [0.1, 0.15) is 0 Å². The molecule has 0 aromatic heterocycles. The normalized spacial score (nSPS) is 11.2. The summed E-state index contributed by atoms with van der Waals surface area (Å²) < 4.78 is -0.762. The van der Waals surface area contributed by atoms with Gasteiger partial charge in [-0.2, -0.15) is 0 Å². The molecule has 3 aromatic rings. The zero-order valence-electron chi connectivity index (χ0n) is 12.9. The van der Waals surface area contributed by atoms with E-state index in [0.717, 1.165) is 22.3 Å². The van der Waals surface area contributed by atoms with Crippen LogP contribution < -0.4 is 0 Å². The van der Waals surface area contributed by atoms with Crippen molar-refractivity contribution in [2.24, 2.45) is 0 Å². The molecule has 3 aromatic carbocycles. The van der Waals surface area contributed by atoms with Crippen molar-refractivity contribution in [2.75, 3.05) is 0 Å². The Labute approximate surface area is 145 Å². The Balaban J connectivity index is 2.21. The molecule has 0 aliphatic rings. The molecule has 1 nitrogen and oxygen atoms in total. The van der Waals surface area contributed by atoms with E-state index in [-0.39, 0.29) is 5.78 Å². The fraction of sp³-hybridized carbons (Fsp3) is 0.0952. The van der Waals surface area contributed by atoms with E-state index in [4.69, 9.17) is 0 Å². The Morgan fingerprint density at radius 3 is 1.65 bits per heavy atom. The first kappa shape index (κ1) is 15.8. The van der Waals surface area contributed by atoms with Crippen LogP contribution in [0, 0.1) is 6.92 Å². The zero-order valence-corrected chi connectivity index (χ0v) is 14.8. The van der Waals surface area contributed by atoms with E-state index < -0.39 is 4.20 Å². The van der Waals surface area contributed by atoms with Gasteiger partial charge in [0.05, 0.1) is 0 Å². The topological polar surface area (TPSA) is 17.1 Å². The molecule has 0 amide bonds. The van der Waals surface area contributed by atoms with E-state index in [0.29, 0.717) is 0 Å². The van der Waals surface area contributed by atoms with Crippen molar-refractivity contribution in [2.45, 2.75) is 11.1 Å². The van der Waals surface area contributed by atoms with E-state index in [2.05, 4.69) is 16.9 Å². The van der Waals surface area contributed by atoms with Gasteiger partial charge in [-0.3, -0.25) is 0 Å². The molecule has 0 aliphatic heterocycles. The van der Waals surface area contributed by atoms with Crippen molar-refractivity contribution in [3.05, 3.63) is 107 Å². The average Bonchev–Trinajstić information content (AvgIpc) is 2.62. The third-order valence-corrected chi connectivity index (χ3v) is 5.61. The van der Waals surface area contributed by atoms with Crippen LogP contribution in [0.5, 0.6) is 0 Å². The minimum absolute atomic E-state index is 0.105. The summed E-state index contributed by atoms with van der Waals surface area (Å²) in [6.45, 7) is 1.98. The summed E-state index contributed by atoms with van der Waals surface area (Å²) in [6.07, 6.45) is 0. The maximum atomic E-state index is 13.5. The van der Waals surface area contributed by atoms with Gasteiger partial charge < -0.3 is 0 Å². The van der Waals surface area contributed by atoms with Crippen LogP contribution in [0.15, 0.2) is 84.9 Å². The maximum absolute atomic E-state index is 13.5. The Morgan fingerprint density at radius 1 is 0.739 bits per heavy atom. The second kappa shape index (κ2) is 6.56. The van der Waals surface area contributed by atoms with Gasteiger partial charge >= 0.3 is 146 Å². The van der Waals surface area contributed by atoms with Crippen molar-refractivity contribution < 1.29 is 4.79 Å². The summed E-state index contributed by atoms with van der Waals surface area (Å²) in [4.78, 5) is 13.5. The fourth-order valence-corrected chi connectivity index (χ4v) is 3.69. The minimum atomic E-state index is -0.762. The third kappa shape index (κ3) is 2.89. The molecule has 0 bridgehead atoms. The molecule has 3 radical (unpaired) electrons. The van der Waals surface area contributed by atoms with Crippen LogP contribution in [0.1, 0.15) is 27.0 Å². The second-order valence-electron chi connectivity index (χ2n) is 5.59. The number of hydrogen-bond donors (Lipinski definition) is 0. The number of hydrogen-bond acceptors (Lipinski definition) is 1. The molecule has 0 saturated heterocycles. The predicted octanol–water partition coefficient (Wildman–Crippen LogP) is 4.29. The van der Waals surface area contributed by atoms with Gasteiger partial charge in [-0.1, -0.05) is 0 Å². The summed E-state index contributed by atoms with van der Waals surface area (Å²) in [5.74, 6) is 0.105. The number of Topliss-reactive ketones (excluding diaryl/α,β-unsaturated/α-hetero) is 1. The summed E-state index contributed by atoms with van der Waals surface area (Å²) in [7, 11) is 0. The van der Waals surface area contributed by atoms with Crippen LogP contribution in [0.4, 0.5) is 0 Å². The van der Waals surface area contributed by atoms with Crippen molar-refractivity contribution in [1.82, 2.24) is 0 Å². The Hall–Kier alpha value is -2.11. The quantitative estimate of drug-likeness (QED) is 0.501. The van der Waals surface area contributed by atoms with Crippen LogP contribution in [0.25, 0.3) is 0 Å². The molecule has 0 fully saturated rings. The predicted molar refractivity (Wildman–Crippen MR) is 94.9 cm³/mol. The van der Waals surface area contributed by atoms with Crippen molar-refractivity contribution in [3.63, 3.8) is 0 Å². The first-order valence-corrected chi connectivity index (χ1v) is 8.51. The fourth-order valence-electron chi connectivity index (χ4n) is 2.81. The van der Waals surface area contributed by atoms with Gasteiger partial charge in [-0.25, -0.2) is 0 Å². The van der Waals surface area contributed by atoms with Crippen LogP contribution in [0.3, 0.4) is 0 Å². The third-order valence-electron chi connectivity index (χ3n) is 4.10. The van der Waals surface area contributed by atoms with Gasteiger partial charge in [0.2, 0.25) is 0 Å². The SMILES string of the molecule is Cc1ccccc1C(=O)C([As+])(c1ccccc1)c1ccccc1. The number of aryl methyl sites for hydroxylation is 1. The van der Waals surface area contributed by atoms with Crippen LogP contribution in [-0.4, -0.2) is 22.6 Å². The van der Waals surface area contributed by atoms with E-state index in [1.807, 2.05) is 91.9 Å². The number of carbonyl (C=O) groups is 1. The molecule has 3 rings (SSSR count). The molecule has 23 heavy (non-hydrogen) atoms. The number of carbonyl (C=O) groups excluding carboxylic acids is 1. The molecule has 0 saturated carbocycles. The van der Waals surface area contributed by atoms with Gasteiger partial charge in [0, 0.05) is 0 Å². The first-order valence-electron chi connectivity index (χ1n) is 7.58. The summed E-state index contributed by atoms with van der Waals surface area (Å²) in [5, 5.41) is 0. The van der Waals surface area contributed by atoms with Crippen LogP contribution in [0.2, 0.25) is 0 Å². The van der Waals surface area contributed by atoms with Crippen LogP contribution in [-0.2, 0) is 4.20 Å². The molecule has 0 heterocycles. The Kier molecular flexibility index (Phi) is 4.50. The average molecular weight is 360 g/mol. The van der Waals surface area contributed by atoms with Crippen molar-refractivity contribution in [3.8, 4) is 0 Å². The molecule has 0 unspecified atom stereocenters. The molecule has 111 valence electrons. The molecule has 0 aliphatic carbocycles. The number of ketones is 1. The molecule has 0 N–H and O–H groups in total. The van der Waals surface area contributed by atoms with E-state index in [1.54, 1.807) is 0 Å². The summed E-state index contributed by atoms with van der Waals surface area (Å²) >= 11 is 2.61. The van der Waals surface area contributed by atoms with Gasteiger partial charge in [-0.15, -0.1) is 0 Å². The Bertz CT molecular complexity index is 770. The molecular formula is C21H17AsO+. The monoisotopic (exact) mass is 360 g/mol. The second-order valence-corrected chi connectivity index (χ2v) is 6.99. The van der Waals surface area contributed by atoms with Gasteiger partial charge in [0.25, 0.3) is 0 Å². The molecule has 2 heteroatoms. The molecular weight excluding hydrogens is 343 g/mol. The number of rotatable bonds is 4. The van der Waals surface area contributed by atoms with Gasteiger partial charge in [0.15, 0.2) is 0 Å². The Morgan fingerprint density at radius 2 is 1.17 bits per heavy atom. The molecule has 0 atom stereocenters. The van der Waals surface area contributed by atoms with E-state index in [9.17, 15) is 4.79 Å². The van der Waals surface area contributed by atoms with Crippen LogP contribution >= 0.6 is 0 Å². The standard InChI is InChI=1S/C21H17AsO/c1-16-10-8-9-15-19(16)20(23)21(22,17-11-4-2-5-12-17)18-13-6-3-7-14-18/h2-15H,1H3/q+1. The van der Waals surface area contributed by atoms with E-state index in [1.165, 1.54) is 0 Å². The van der Waals surface area contributed by atoms with Crippen molar-refractivity contribution in [1.29, 1.82) is 0 Å². The van der Waals surface area contributed by atoms with E-state index >= 15 is 0 Å². The zero-order chi connectivity index (χ0) is 16.3. The van der Waals surface area contributed by atoms with Gasteiger partial charge in [-0.05, 0) is 0 Å². The molecule has 0 spiro atoms. The summed E-state index contributed by atoms with van der Waals surface area (Å²) in [5.41, 5.74) is 3.74. The number of benzene rings is 3. The first-order chi connectivity index (χ1) is 11.1. The van der Waals surface area contributed by atoms with Crippen molar-refractivity contribution >= 4 is 22.6 Å². The summed E-state index contributed by atoms with van der Waals surface area (Å²) in [6, 6.07) is 27.7.